The van der Waals surface area contributed by atoms with Crippen LogP contribution in [0.5, 0.6) is 0 Å². The van der Waals surface area contributed by atoms with Crippen molar-refractivity contribution in [2.75, 3.05) is 0 Å². The maximum atomic E-state index is 9.44. The van der Waals surface area contributed by atoms with E-state index in [1.807, 2.05) is 0 Å². The van der Waals surface area contributed by atoms with E-state index in [1.54, 1.807) is 33.9 Å². The quantitative estimate of drug-likeness (QED) is 0.266. The van der Waals surface area contributed by atoms with Gasteiger partial charge in [0.25, 0.3) is 0 Å². The Balaban J connectivity index is 1.90. The minimum absolute atomic E-state index is 0.295. The number of nitrogens with zero attached hydrogens (tertiary/aromatic N) is 12. The average molecular weight is 392 g/mol. The zero-order chi connectivity index (χ0) is 21.1. The van der Waals surface area contributed by atoms with Crippen LogP contribution in [-0.2, 0) is 0 Å². The van der Waals surface area contributed by atoms with Crippen molar-refractivity contribution in [3.05, 3.63) is 68.9 Å². The highest BCUT2D eigenvalue weighted by molar-refractivity contribution is 5.96. The molecule has 0 atom stereocenters. The van der Waals surface area contributed by atoms with Crippen LogP contribution in [0.4, 0.5) is 11.4 Å². The maximum absolute atomic E-state index is 9.44. The summed E-state index contributed by atoms with van der Waals surface area (Å²) in [5.41, 5.74) is 19.5. The molecule has 12 heteroatoms. The predicted molar refractivity (Wildman–Crippen MR) is 108 cm³/mol. The third-order valence-electron chi connectivity index (χ3n) is 4.32. The number of aromatic nitrogens is 4. The number of rotatable bonds is 4. The summed E-state index contributed by atoms with van der Waals surface area (Å²) in [6.07, 6.45) is 9.31. The fourth-order valence-corrected chi connectivity index (χ4v) is 3.12. The Morgan fingerprint density at radius 3 is 1.63 bits per heavy atom. The molecule has 4 aromatic heterocycles. The molecule has 0 saturated carbocycles. The monoisotopic (exact) mass is 392 g/mol. The van der Waals surface area contributed by atoms with Gasteiger partial charge in [0.1, 0.15) is 23.4 Å². The van der Waals surface area contributed by atoms with E-state index >= 15 is 0 Å². The minimum atomic E-state index is 0.295. The van der Waals surface area contributed by atoms with Gasteiger partial charge in [0.2, 0.25) is 0 Å². The third kappa shape index (κ3) is 2.81. The highest BCUT2D eigenvalue weighted by Crippen LogP contribution is 2.31. The van der Waals surface area contributed by atoms with Crippen molar-refractivity contribution >= 4 is 45.8 Å². The van der Waals surface area contributed by atoms with Crippen molar-refractivity contribution in [1.29, 1.82) is 10.5 Å². The Morgan fingerprint density at radius 1 is 0.833 bits per heavy atom. The third-order valence-corrected chi connectivity index (χ3v) is 4.32. The molecule has 0 spiro atoms. The maximum Gasteiger partial charge on any atom is 0.145 e. The molecule has 0 radical (unpaired) electrons. The molecule has 0 aromatic carbocycles. The van der Waals surface area contributed by atoms with Crippen LogP contribution in [0.25, 0.3) is 55.4 Å². The normalized spacial score (nSPS) is 10.5. The number of hydrogen-bond acceptors (Lipinski definition) is 6. The van der Waals surface area contributed by atoms with E-state index in [0.29, 0.717) is 44.6 Å². The molecule has 4 heterocycles. The van der Waals surface area contributed by atoms with E-state index in [9.17, 15) is 10.5 Å². The SMILES string of the molecule is N#Cc1cn(/C=C/n2cc(C#N)c3c(N=[N+]=[N-])ccnc32)c2nccc(N=[N+]=[N-])c12. The second kappa shape index (κ2) is 7.38. The summed E-state index contributed by atoms with van der Waals surface area (Å²) >= 11 is 0. The molecule has 0 bridgehead atoms. The first-order valence-corrected chi connectivity index (χ1v) is 8.29. The molecule has 0 aliphatic carbocycles. The van der Waals surface area contributed by atoms with Crippen molar-refractivity contribution in [3.8, 4) is 12.1 Å². The van der Waals surface area contributed by atoms with Gasteiger partial charge in [-0.1, -0.05) is 10.2 Å². The average Bonchev–Trinajstić information content (AvgIpc) is 3.32. The molecule has 0 fully saturated rings. The molecule has 0 aliphatic heterocycles. The first kappa shape index (κ1) is 18.1. The molecule has 0 aliphatic rings. The summed E-state index contributed by atoms with van der Waals surface area (Å²) in [5.74, 6) is 0. The highest BCUT2D eigenvalue weighted by Gasteiger charge is 2.13. The van der Waals surface area contributed by atoms with Gasteiger partial charge in [-0.15, -0.1) is 0 Å². The summed E-state index contributed by atoms with van der Waals surface area (Å²) in [4.78, 5) is 14.1. The van der Waals surface area contributed by atoms with Crippen molar-refractivity contribution in [2.45, 2.75) is 0 Å². The van der Waals surface area contributed by atoms with Crippen LogP contribution in [-0.4, -0.2) is 19.1 Å². The van der Waals surface area contributed by atoms with E-state index in [2.05, 4.69) is 42.2 Å². The zero-order valence-corrected chi connectivity index (χ0v) is 15.0. The van der Waals surface area contributed by atoms with Crippen LogP contribution in [0.2, 0.25) is 0 Å². The van der Waals surface area contributed by atoms with Crippen molar-refractivity contribution < 1.29 is 0 Å². The van der Waals surface area contributed by atoms with Gasteiger partial charge in [-0.25, -0.2) is 9.97 Å². The van der Waals surface area contributed by atoms with Crippen LogP contribution in [0.1, 0.15) is 11.1 Å². The fourth-order valence-electron chi connectivity index (χ4n) is 3.12. The Kier molecular flexibility index (Phi) is 4.46. The van der Waals surface area contributed by atoms with Gasteiger partial charge in [0.15, 0.2) is 0 Å². The first-order chi connectivity index (χ1) is 14.7. The zero-order valence-electron chi connectivity index (χ0n) is 15.0. The minimum Gasteiger partial charge on any atom is -0.305 e. The summed E-state index contributed by atoms with van der Waals surface area (Å²) in [6, 6.07) is 7.18. The molecule has 12 nitrogen and oxygen atoms in total. The number of hydrogen-bond donors (Lipinski definition) is 0. The van der Waals surface area contributed by atoms with Crippen molar-refractivity contribution in [1.82, 2.24) is 19.1 Å². The molecule has 0 amide bonds. The van der Waals surface area contributed by atoms with Crippen LogP contribution in [0.3, 0.4) is 0 Å². The van der Waals surface area contributed by atoms with E-state index in [4.69, 9.17) is 11.1 Å². The first-order valence-electron chi connectivity index (χ1n) is 8.29. The predicted octanol–water partition coefficient (Wildman–Crippen LogP) is 5.10. The van der Waals surface area contributed by atoms with E-state index in [1.165, 1.54) is 24.5 Å². The molecular formula is C18H8N12. The van der Waals surface area contributed by atoms with Crippen molar-refractivity contribution in [3.63, 3.8) is 0 Å². The molecule has 0 N–H and O–H groups in total. The van der Waals surface area contributed by atoms with Gasteiger partial charge < -0.3 is 9.13 Å². The Labute approximate surface area is 167 Å². The number of fused-ring (bicyclic) bond motifs is 2. The summed E-state index contributed by atoms with van der Waals surface area (Å²) in [6.45, 7) is 0. The van der Waals surface area contributed by atoms with Gasteiger partial charge >= 0.3 is 0 Å². The molecular weight excluding hydrogens is 384 g/mol. The summed E-state index contributed by atoms with van der Waals surface area (Å²) in [5, 5.41) is 27.0. The number of pyridine rings is 2. The lowest BCUT2D eigenvalue weighted by molar-refractivity contribution is 1.13. The number of nitriles is 2. The smallest absolute Gasteiger partial charge is 0.145 e. The molecule has 0 saturated heterocycles. The lowest BCUT2D eigenvalue weighted by Gasteiger charge is -2.00. The number of azide groups is 2. The fraction of sp³-hybridized carbons (Fsp3) is 0. The second-order valence-electron chi connectivity index (χ2n) is 5.86. The Morgan fingerprint density at radius 2 is 1.27 bits per heavy atom. The van der Waals surface area contributed by atoms with Crippen LogP contribution < -0.4 is 0 Å². The van der Waals surface area contributed by atoms with Crippen LogP contribution >= 0.6 is 0 Å². The van der Waals surface area contributed by atoms with E-state index in [-0.39, 0.29) is 0 Å². The molecule has 0 unspecified atom stereocenters. The van der Waals surface area contributed by atoms with Gasteiger partial charge in [0, 0.05) is 57.8 Å². The van der Waals surface area contributed by atoms with Crippen molar-refractivity contribution in [2.24, 2.45) is 10.2 Å². The van der Waals surface area contributed by atoms with Gasteiger partial charge in [0.05, 0.1) is 22.5 Å². The molecule has 140 valence electrons. The lowest BCUT2D eigenvalue weighted by Crippen LogP contribution is -1.90. The molecule has 4 rings (SSSR count). The second-order valence-corrected chi connectivity index (χ2v) is 5.86. The standard InChI is InChI=1S/C18H8N12/c19-7-11-9-29(17-15(11)13(25-27-21)1-3-23-17)5-6-30-10-12(8-20)16-14(26-28-22)2-4-24-18(16)30/h1-6,9-10H/b6-5+. The highest BCUT2D eigenvalue weighted by atomic mass is 15.1. The van der Waals surface area contributed by atoms with Crippen LogP contribution in [0.15, 0.2) is 47.1 Å². The Bertz CT molecular complexity index is 1410. The molecule has 30 heavy (non-hydrogen) atoms. The topological polar surface area (TPSA) is 181 Å². The van der Waals surface area contributed by atoms with Gasteiger partial charge in [-0.2, -0.15) is 10.5 Å². The van der Waals surface area contributed by atoms with Gasteiger partial charge in [-0.3, -0.25) is 0 Å². The lowest BCUT2D eigenvalue weighted by atomic mass is 10.2. The summed E-state index contributed by atoms with van der Waals surface area (Å²) < 4.78 is 3.19. The largest absolute Gasteiger partial charge is 0.305 e. The van der Waals surface area contributed by atoms with Gasteiger partial charge in [-0.05, 0) is 23.2 Å². The van der Waals surface area contributed by atoms with Crippen LogP contribution in [0, 0.1) is 22.7 Å². The summed E-state index contributed by atoms with van der Waals surface area (Å²) in [7, 11) is 0. The Hall–Kier alpha value is -5.28. The molecule has 4 aromatic rings. The van der Waals surface area contributed by atoms with E-state index in [0.717, 1.165) is 0 Å². The van der Waals surface area contributed by atoms with E-state index < -0.39 is 0 Å².